The summed E-state index contributed by atoms with van der Waals surface area (Å²) in [6.07, 6.45) is 0.716. The summed E-state index contributed by atoms with van der Waals surface area (Å²) in [6, 6.07) is 24.9. The Kier molecular flexibility index (Phi) is 4.96. The van der Waals surface area contributed by atoms with Gasteiger partial charge < -0.3 is 15.6 Å². The number of benzene rings is 3. The van der Waals surface area contributed by atoms with Gasteiger partial charge in [-0.05, 0) is 35.7 Å². The van der Waals surface area contributed by atoms with Gasteiger partial charge in [0.05, 0.1) is 23.0 Å². The highest BCUT2D eigenvalue weighted by Gasteiger charge is 2.32. The molecule has 0 aliphatic carbocycles. The number of carbonyl (C=O) groups excluding carboxylic acids is 2. The van der Waals surface area contributed by atoms with Crippen molar-refractivity contribution in [2.24, 2.45) is 0 Å². The molecule has 0 spiro atoms. The molecule has 5 rings (SSSR count). The molecule has 2 atom stereocenters. The van der Waals surface area contributed by atoms with Gasteiger partial charge in [0.15, 0.2) is 0 Å². The molecule has 3 N–H and O–H groups in total. The van der Waals surface area contributed by atoms with Crippen molar-refractivity contribution < 1.29 is 9.59 Å². The minimum Gasteiger partial charge on any atom is -0.345 e. The van der Waals surface area contributed by atoms with Crippen LogP contribution in [-0.4, -0.2) is 21.8 Å². The number of carbonyl (C=O) groups is 2. The van der Waals surface area contributed by atoms with E-state index < -0.39 is 5.92 Å². The second-order valence-corrected chi connectivity index (χ2v) is 7.78. The van der Waals surface area contributed by atoms with Crippen LogP contribution in [0.4, 0.5) is 5.69 Å². The smallest absolute Gasteiger partial charge is 0.228 e. The first-order valence-electron chi connectivity index (χ1n) is 10.3. The van der Waals surface area contributed by atoms with Crippen molar-refractivity contribution in [1.29, 1.82) is 0 Å². The topological polar surface area (TPSA) is 86.9 Å². The molecule has 0 radical (unpaired) electrons. The van der Waals surface area contributed by atoms with Gasteiger partial charge >= 0.3 is 0 Å². The molecule has 0 fully saturated rings. The molecule has 1 aromatic heterocycles. The maximum absolute atomic E-state index is 13.4. The van der Waals surface area contributed by atoms with Gasteiger partial charge in [-0.3, -0.25) is 9.59 Å². The molecule has 0 saturated carbocycles. The molecule has 6 heteroatoms. The fourth-order valence-electron chi connectivity index (χ4n) is 4.12. The van der Waals surface area contributed by atoms with Crippen LogP contribution in [0.2, 0.25) is 0 Å². The molecular weight excluding hydrogens is 388 g/mol. The number of aromatic nitrogens is 2. The number of hydrogen-bond acceptors (Lipinski definition) is 3. The predicted octanol–water partition coefficient (Wildman–Crippen LogP) is 4.09. The summed E-state index contributed by atoms with van der Waals surface area (Å²) in [5.41, 5.74) is 4.40. The van der Waals surface area contributed by atoms with E-state index in [-0.39, 0.29) is 24.3 Å². The minimum atomic E-state index is -0.535. The zero-order valence-electron chi connectivity index (χ0n) is 16.8. The first kappa shape index (κ1) is 19.1. The van der Waals surface area contributed by atoms with Crippen LogP contribution >= 0.6 is 0 Å². The van der Waals surface area contributed by atoms with E-state index in [0.29, 0.717) is 17.9 Å². The molecule has 0 bridgehead atoms. The molecule has 2 unspecified atom stereocenters. The maximum Gasteiger partial charge on any atom is 0.228 e. The molecule has 3 aromatic carbocycles. The summed E-state index contributed by atoms with van der Waals surface area (Å²) in [4.78, 5) is 33.6. The Morgan fingerprint density at radius 3 is 2.58 bits per heavy atom. The summed E-state index contributed by atoms with van der Waals surface area (Å²) in [6.45, 7) is 0. The summed E-state index contributed by atoms with van der Waals surface area (Å²) >= 11 is 0. The Morgan fingerprint density at radius 1 is 1.00 bits per heavy atom. The highest BCUT2D eigenvalue weighted by molar-refractivity contribution is 6.01. The van der Waals surface area contributed by atoms with E-state index in [0.717, 1.165) is 22.2 Å². The van der Waals surface area contributed by atoms with Crippen LogP contribution in [0, 0.1) is 0 Å². The molecule has 2 heterocycles. The average Bonchev–Trinajstić information content (AvgIpc) is 3.23. The molecule has 2 amide bonds. The lowest BCUT2D eigenvalue weighted by atomic mass is 9.89. The van der Waals surface area contributed by atoms with Gasteiger partial charge in [-0.1, -0.05) is 60.7 Å². The molecule has 1 aliphatic rings. The molecule has 6 nitrogen and oxygen atoms in total. The van der Waals surface area contributed by atoms with E-state index in [1.54, 1.807) is 0 Å². The monoisotopic (exact) mass is 410 g/mol. The van der Waals surface area contributed by atoms with Gasteiger partial charge in [-0.2, -0.15) is 0 Å². The lowest BCUT2D eigenvalue weighted by Crippen LogP contribution is -2.38. The SMILES string of the molecule is O=C1CC(C(=O)NC(Cc2ccccc2)c2nc3ccccc3[nH]2)c2ccccc2N1. The van der Waals surface area contributed by atoms with Gasteiger partial charge in [0.1, 0.15) is 5.82 Å². The highest BCUT2D eigenvalue weighted by atomic mass is 16.2. The van der Waals surface area contributed by atoms with E-state index in [4.69, 9.17) is 4.98 Å². The van der Waals surface area contributed by atoms with E-state index in [1.165, 1.54) is 0 Å². The lowest BCUT2D eigenvalue weighted by Gasteiger charge is -2.26. The van der Waals surface area contributed by atoms with Gasteiger partial charge in [-0.15, -0.1) is 0 Å². The number of amides is 2. The summed E-state index contributed by atoms with van der Waals surface area (Å²) in [5.74, 6) is -0.162. The average molecular weight is 410 g/mol. The van der Waals surface area contributed by atoms with Crippen molar-refractivity contribution >= 4 is 28.5 Å². The number of fused-ring (bicyclic) bond motifs is 2. The molecule has 0 saturated heterocycles. The number of nitrogens with one attached hydrogen (secondary N) is 3. The van der Waals surface area contributed by atoms with Crippen LogP contribution in [0.15, 0.2) is 78.9 Å². The summed E-state index contributed by atoms with van der Waals surface area (Å²) < 4.78 is 0. The number of aromatic amines is 1. The van der Waals surface area contributed by atoms with E-state index >= 15 is 0 Å². The molecule has 4 aromatic rings. The van der Waals surface area contributed by atoms with Crippen LogP contribution < -0.4 is 10.6 Å². The Balaban J connectivity index is 1.47. The van der Waals surface area contributed by atoms with Crippen LogP contribution in [0.25, 0.3) is 11.0 Å². The highest BCUT2D eigenvalue weighted by Crippen LogP contribution is 2.33. The quantitative estimate of drug-likeness (QED) is 0.463. The zero-order valence-corrected chi connectivity index (χ0v) is 16.8. The second-order valence-electron chi connectivity index (χ2n) is 7.78. The number of nitrogens with zero attached hydrogens (tertiary/aromatic N) is 1. The predicted molar refractivity (Wildman–Crippen MR) is 120 cm³/mol. The van der Waals surface area contributed by atoms with Crippen LogP contribution in [-0.2, 0) is 16.0 Å². The van der Waals surface area contributed by atoms with Gasteiger partial charge in [0.25, 0.3) is 0 Å². The van der Waals surface area contributed by atoms with Gasteiger partial charge in [-0.25, -0.2) is 4.98 Å². The van der Waals surface area contributed by atoms with Crippen molar-refractivity contribution in [1.82, 2.24) is 15.3 Å². The van der Waals surface area contributed by atoms with Gasteiger partial charge in [0, 0.05) is 12.1 Å². The molecule has 154 valence electrons. The first-order chi connectivity index (χ1) is 15.2. The molecule has 1 aliphatic heterocycles. The zero-order chi connectivity index (χ0) is 21.2. The Hall–Kier alpha value is -3.93. The number of hydrogen-bond donors (Lipinski definition) is 3. The Bertz CT molecular complexity index is 1220. The second kappa shape index (κ2) is 8.07. The number of imidazole rings is 1. The van der Waals surface area contributed by atoms with E-state index in [9.17, 15) is 9.59 Å². The molecule has 31 heavy (non-hydrogen) atoms. The number of H-pyrrole nitrogens is 1. The third kappa shape index (κ3) is 3.92. The summed E-state index contributed by atoms with van der Waals surface area (Å²) in [7, 11) is 0. The number of para-hydroxylation sites is 3. The number of anilines is 1. The van der Waals surface area contributed by atoms with Crippen molar-refractivity contribution in [2.45, 2.75) is 24.8 Å². The Labute approximate surface area is 179 Å². The normalized spacial score (nSPS) is 16.4. The fraction of sp³-hybridized carbons (Fsp3) is 0.160. The third-order valence-corrected chi connectivity index (χ3v) is 5.65. The first-order valence-corrected chi connectivity index (χ1v) is 10.3. The Morgan fingerprint density at radius 2 is 1.74 bits per heavy atom. The van der Waals surface area contributed by atoms with Gasteiger partial charge in [0.2, 0.25) is 11.8 Å². The third-order valence-electron chi connectivity index (χ3n) is 5.65. The summed E-state index contributed by atoms with van der Waals surface area (Å²) in [5, 5.41) is 6.01. The van der Waals surface area contributed by atoms with Crippen molar-refractivity contribution in [3.05, 3.63) is 95.8 Å². The van der Waals surface area contributed by atoms with Crippen molar-refractivity contribution in [3.63, 3.8) is 0 Å². The standard InChI is InChI=1S/C25H22N4O2/c30-23-15-18(17-10-4-5-11-19(17)26-23)25(31)29-22(14-16-8-2-1-3-9-16)24-27-20-12-6-7-13-21(20)28-24/h1-13,18,22H,14-15H2,(H,26,30)(H,27,28)(H,29,31). The van der Waals surface area contributed by atoms with Crippen molar-refractivity contribution in [3.8, 4) is 0 Å². The van der Waals surface area contributed by atoms with Crippen LogP contribution in [0.3, 0.4) is 0 Å². The van der Waals surface area contributed by atoms with Crippen LogP contribution in [0.1, 0.15) is 35.3 Å². The molecular formula is C25H22N4O2. The van der Waals surface area contributed by atoms with E-state index in [1.807, 2.05) is 78.9 Å². The fourth-order valence-corrected chi connectivity index (χ4v) is 4.12. The lowest BCUT2D eigenvalue weighted by molar-refractivity contribution is -0.127. The number of rotatable bonds is 5. The minimum absolute atomic E-state index is 0.126. The van der Waals surface area contributed by atoms with Crippen molar-refractivity contribution in [2.75, 3.05) is 5.32 Å². The van der Waals surface area contributed by atoms with Crippen LogP contribution in [0.5, 0.6) is 0 Å². The maximum atomic E-state index is 13.4. The van der Waals surface area contributed by atoms with E-state index in [2.05, 4.69) is 15.6 Å². The largest absolute Gasteiger partial charge is 0.345 e.